The fraction of sp³-hybridized carbons (Fsp3) is 0.889. The van der Waals surface area contributed by atoms with E-state index in [1.165, 1.54) is 0 Å². The second-order valence-electron chi connectivity index (χ2n) is 19.9. The maximum atomic E-state index is 13.1. The maximum absolute atomic E-state index is 13.1. The summed E-state index contributed by atoms with van der Waals surface area (Å²) in [7, 11) is 0. The van der Waals surface area contributed by atoms with Gasteiger partial charge >= 0.3 is 0 Å². The van der Waals surface area contributed by atoms with E-state index in [2.05, 4.69) is 31.9 Å². The molecule has 0 aromatic rings. The Morgan fingerprint density at radius 1 is 0.290 bits per heavy atom. The van der Waals surface area contributed by atoms with Gasteiger partial charge in [0.25, 0.3) is 0 Å². The fourth-order valence-corrected chi connectivity index (χ4v) is 9.03. The van der Waals surface area contributed by atoms with Gasteiger partial charge in [-0.05, 0) is 116 Å². The van der Waals surface area contributed by atoms with Gasteiger partial charge in [-0.1, -0.05) is 135 Å². The van der Waals surface area contributed by atoms with Crippen LogP contribution in [0.3, 0.4) is 0 Å². The SMILES string of the molecule is NCCCCC1NC(=O)CCCCCCCCCCCNC(=O)C(CCCCN)NC(=O)CCCCCCCCCCCNC(=O)C(CCCCN)NC(=O)CCCCCCCCCCCNC1=O. The molecule has 3 unspecified atom stereocenters. The van der Waals surface area contributed by atoms with Gasteiger partial charge in [0.2, 0.25) is 35.4 Å². The average molecular weight is 976 g/mol. The third-order valence-electron chi connectivity index (χ3n) is 13.4. The highest BCUT2D eigenvalue weighted by Gasteiger charge is 2.22. The molecule has 6 amide bonds. The largest absolute Gasteiger partial charge is 0.354 e. The highest BCUT2D eigenvalue weighted by Crippen LogP contribution is 2.15. The number of unbranched alkanes of at least 4 members (excludes halogenated alkanes) is 3. The van der Waals surface area contributed by atoms with Crippen LogP contribution in [-0.4, -0.2) is 92.8 Å². The van der Waals surface area contributed by atoms with Crippen molar-refractivity contribution >= 4 is 35.4 Å². The van der Waals surface area contributed by atoms with E-state index in [-0.39, 0.29) is 35.4 Å². The first kappa shape index (κ1) is 63.7. The normalized spacial score (nSPS) is 23.1. The number of nitrogens with two attached hydrogens (primary N) is 3. The molecule has 1 aliphatic rings. The van der Waals surface area contributed by atoms with Crippen molar-refractivity contribution in [1.29, 1.82) is 0 Å². The minimum absolute atomic E-state index is 0.0629. The minimum atomic E-state index is -0.526. The highest BCUT2D eigenvalue weighted by atomic mass is 16.2. The van der Waals surface area contributed by atoms with Crippen LogP contribution < -0.4 is 49.1 Å². The Kier molecular flexibility index (Phi) is 43.4. The molecule has 1 heterocycles. The van der Waals surface area contributed by atoms with E-state index in [1.807, 2.05) is 0 Å². The molecule has 0 aromatic carbocycles. The summed E-state index contributed by atoms with van der Waals surface area (Å²) in [5.74, 6) is -0.507. The number of rotatable bonds is 12. The van der Waals surface area contributed by atoms with Crippen LogP contribution in [0.4, 0.5) is 0 Å². The number of carbonyl (C=O) groups is 6. The molecule has 15 nitrogen and oxygen atoms in total. The summed E-state index contributed by atoms with van der Waals surface area (Å²) in [5, 5.41) is 18.2. The zero-order chi connectivity index (χ0) is 50.3. The number of hydrogen-bond donors (Lipinski definition) is 9. The zero-order valence-electron chi connectivity index (χ0n) is 43.7. The molecule has 12 N–H and O–H groups in total. The molecule has 1 rings (SSSR count). The molecule has 15 heteroatoms. The van der Waals surface area contributed by atoms with Gasteiger partial charge in [0.1, 0.15) is 18.1 Å². The van der Waals surface area contributed by atoms with E-state index in [0.29, 0.717) is 77.8 Å². The standard InChI is InChI=1S/C54H105N9O6/c55-40-28-25-34-46-52(67)58-43-31-19-13-7-1-4-10-16-22-37-49(64)61-47(35-26-29-41-56)53(68)59-44-32-20-14-8-3-6-12-18-24-39-51(66)63-48(36-27-30-42-57)54(69)60-45-33-21-15-9-2-5-11-17-23-38-50(65)62-46/h46-48H,1-45,55-57H2,(H,58,67)(H,59,68)(H,60,69)(H,61,64)(H,62,65)(H,63,66). The third kappa shape index (κ3) is 39.1. The summed E-state index contributed by atoms with van der Waals surface area (Å²) in [6, 6.07) is -1.58. The van der Waals surface area contributed by atoms with E-state index in [9.17, 15) is 28.8 Å². The first-order valence-electron chi connectivity index (χ1n) is 28.5. The van der Waals surface area contributed by atoms with Gasteiger partial charge in [0.15, 0.2) is 0 Å². The molecule has 1 aliphatic heterocycles. The Morgan fingerprint density at radius 3 is 0.710 bits per heavy atom. The van der Waals surface area contributed by atoms with Crippen LogP contribution in [0.25, 0.3) is 0 Å². The minimum Gasteiger partial charge on any atom is -0.354 e. The monoisotopic (exact) mass is 976 g/mol. The van der Waals surface area contributed by atoms with Crippen molar-refractivity contribution in [3.63, 3.8) is 0 Å². The van der Waals surface area contributed by atoms with Gasteiger partial charge < -0.3 is 49.1 Å². The van der Waals surface area contributed by atoms with E-state index in [1.54, 1.807) is 0 Å². The molecular formula is C54H105N9O6. The first-order chi connectivity index (χ1) is 33.7. The van der Waals surface area contributed by atoms with Crippen LogP contribution in [-0.2, 0) is 28.8 Å². The van der Waals surface area contributed by atoms with Crippen LogP contribution in [0.1, 0.15) is 250 Å². The molecule has 0 spiro atoms. The number of amides is 6. The van der Waals surface area contributed by atoms with Gasteiger partial charge in [-0.15, -0.1) is 0 Å². The molecule has 1 fully saturated rings. The maximum Gasteiger partial charge on any atom is 0.242 e. The number of hydrogen-bond acceptors (Lipinski definition) is 9. The van der Waals surface area contributed by atoms with Crippen molar-refractivity contribution in [3.8, 4) is 0 Å². The summed E-state index contributed by atoms with van der Waals surface area (Å²) in [6.45, 7) is 3.51. The molecule has 0 bridgehead atoms. The molecule has 0 aromatic heterocycles. The van der Waals surface area contributed by atoms with Crippen LogP contribution >= 0.6 is 0 Å². The average Bonchev–Trinajstić information content (AvgIpc) is 3.33. The van der Waals surface area contributed by atoms with Gasteiger partial charge in [-0.2, -0.15) is 0 Å². The molecule has 402 valence electrons. The Labute approximate surface area is 419 Å². The van der Waals surface area contributed by atoms with Gasteiger partial charge in [-0.25, -0.2) is 0 Å². The van der Waals surface area contributed by atoms with Crippen LogP contribution in [0.5, 0.6) is 0 Å². The lowest BCUT2D eigenvalue weighted by Crippen LogP contribution is -2.47. The van der Waals surface area contributed by atoms with Crippen molar-refractivity contribution in [2.24, 2.45) is 17.2 Å². The summed E-state index contributed by atoms with van der Waals surface area (Å²) in [6.07, 6.45) is 36.1. The highest BCUT2D eigenvalue weighted by molar-refractivity contribution is 5.88. The molecular weight excluding hydrogens is 871 g/mol. The van der Waals surface area contributed by atoms with Crippen molar-refractivity contribution in [3.05, 3.63) is 0 Å². The predicted octanol–water partition coefficient (Wildman–Crippen LogP) is 7.89. The van der Waals surface area contributed by atoms with Gasteiger partial charge in [0, 0.05) is 38.9 Å². The topological polar surface area (TPSA) is 253 Å². The lowest BCUT2D eigenvalue weighted by atomic mass is 10.0. The molecule has 1 saturated heterocycles. The van der Waals surface area contributed by atoms with Crippen LogP contribution in [0.15, 0.2) is 0 Å². The van der Waals surface area contributed by atoms with E-state index in [0.717, 1.165) is 212 Å². The first-order valence-corrected chi connectivity index (χ1v) is 28.5. The molecule has 69 heavy (non-hydrogen) atoms. The summed E-state index contributed by atoms with van der Waals surface area (Å²) < 4.78 is 0. The summed E-state index contributed by atoms with van der Waals surface area (Å²) >= 11 is 0. The smallest absolute Gasteiger partial charge is 0.242 e. The van der Waals surface area contributed by atoms with Crippen molar-refractivity contribution < 1.29 is 28.8 Å². The Morgan fingerprint density at radius 2 is 0.493 bits per heavy atom. The summed E-state index contributed by atoms with van der Waals surface area (Å²) in [5.41, 5.74) is 17.1. The Bertz CT molecular complexity index is 1150. The number of carbonyl (C=O) groups excluding carboxylic acids is 6. The van der Waals surface area contributed by atoms with Crippen molar-refractivity contribution in [2.75, 3.05) is 39.3 Å². The van der Waals surface area contributed by atoms with Crippen LogP contribution in [0.2, 0.25) is 0 Å². The lowest BCUT2D eigenvalue weighted by Gasteiger charge is -2.18. The molecule has 0 aliphatic carbocycles. The predicted molar refractivity (Wildman–Crippen MR) is 282 cm³/mol. The summed E-state index contributed by atoms with van der Waals surface area (Å²) in [4.78, 5) is 77.7. The Balaban J connectivity index is 2.65. The van der Waals surface area contributed by atoms with E-state index >= 15 is 0 Å². The van der Waals surface area contributed by atoms with Gasteiger partial charge in [-0.3, -0.25) is 28.8 Å². The number of nitrogens with one attached hydrogen (secondary N) is 6. The van der Waals surface area contributed by atoms with Crippen molar-refractivity contribution in [2.45, 2.75) is 269 Å². The van der Waals surface area contributed by atoms with E-state index in [4.69, 9.17) is 17.2 Å². The van der Waals surface area contributed by atoms with Crippen molar-refractivity contribution in [1.82, 2.24) is 31.9 Å². The lowest BCUT2D eigenvalue weighted by molar-refractivity contribution is -0.129. The quantitative estimate of drug-likeness (QED) is 0.0861. The van der Waals surface area contributed by atoms with Crippen LogP contribution in [0, 0.1) is 0 Å². The van der Waals surface area contributed by atoms with E-state index < -0.39 is 18.1 Å². The zero-order valence-corrected chi connectivity index (χ0v) is 43.7. The second kappa shape index (κ2) is 47.0. The second-order valence-corrected chi connectivity index (χ2v) is 19.9. The molecule has 0 radical (unpaired) electrons. The molecule has 0 saturated carbocycles. The van der Waals surface area contributed by atoms with Gasteiger partial charge in [0.05, 0.1) is 0 Å². The fourth-order valence-electron chi connectivity index (χ4n) is 9.03. The Hall–Kier alpha value is -3.30. The third-order valence-corrected chi connectivity index (χ3v) is 13.4. The molecule has 3 atom stereocenters.